The first-order chi connectivity index (χ1) is 16.7. The first kappa shape index (κ1) is 22.2. The molecule has 0 saturated heterocycles. The van der Waals surface area contributed by atoms with Crippen LogP contribution in [0.5, 0.6) is 0 Å². The Morgan fingerprint density at radius 1 is 0.735 bits per heavy atom. The van der Waals surface area contributed by atoms with Crippen molar-refractivity contribution in [3.63, 3.8) is 0 Å². The van der Waals surface area contributed by atoms with Crippen LogP contribution in [-0.2, 0) is 6.54 Å². The number of fused-ring (bicyclic) bond motifs is 1. The van der Waals surface area contributed by atoms with Gasteiger partial charge in [-0.3, -0.25) is 4.40 Å². The van der Waals surface area contributed by atoms with Crippen molar-refractivity contribution in [3.05, 3.63) is 96.7 Å². The maximum absolute atomic E-state index is 5.26. The molecule has 0 fully saturated rings. The van der Waals surface area contributed by atoms with Crippen LogP contribution in [0, 0.1) is 6.92 Å². The zero-order valence-electron chi connectivity index (χ0n) is 20.3. The Morgan fingerprint density at radius 3 is 1.97 bits per heavy atom. The lowest BCUT2D eigenvalue weighted by molar-refractivity contribution is 0.292. The number of aryl methyl sites for hydroxylation is 1. The second kappa shape index (κ2) is 9.70. The third kappa shape index (κ3) is 4.17. The SMILES string of the molecule is CCN(CC)CCn1c(-c2ccc(C)cc2)cn2c(-c3ccccc3)c(-c3ccccc3)nc12. The van der Waals surface area contributed by atoms with E-state index in [1.54, 1.807) is 0 Å². The van der Waals surface area contributed by atoms with Crippen LogP contribution in [0.25, 0.3) is 39.5 Å². The predicted molar refractivity (Wildman–Crippen MR) is 142 cm³/mol. The molecule has 0 aliphatic heterocycles. The standard InChI is InChI=1S/C30H32N4/c1-4-32(5-2)20-21-33-27(24-18-16-23(3)17-19-24)22-34-29(26-14-10-7-11-15-26)28(31-30(33)34)25-12-8-6-9-13-25/h6-19,22H,4-5,20-21H2,1-3H3. The number of likely N-dealkylation sites (N-methyl/N-ethyl adjacent to an activating group) is 1. The van der Waals surface area contributed by atoms with E-state index in [0.717, 1.165) is 48.9 Å². The van der Waals surface area contributed by atoms with Crippen LogP contribution in [0.4, 0.5) is 0 Å². The number of benzene rings is 3. The molecule has 0 aliphatic carbocycles. The van der Waals surface area contributed by atoms with E-state index < -0.39 is 0 Å². The molecule has 0 radical (unpaired) electrons. The third-order valence-corrected chi connectivity index (χ3v) is 6.65. The van der Waals surface area contributed by atoms with E-state index in [1.165, 1.54) is 22.4 Å². The third-order valence-electron chi connectivity index (χ3n) is 6.65. The molecule has 5 rings (SSSR count). The summed E-state index contributed by atoms with van der Waals surface area (Å²) in [5, 5.41) is 0. The van der Waals surface area contributed by atoms with Gasteiger partial charge in [0.15, 0.2) is 0 Å². The van der Waals surface area contributed by atoms with E-state index in [0.29, 0.717) is 0 Å². The van der Waals surface area contributed by atoms with Gasteiger partial charge in [0.2, 0.25) is 5.78 Å². The fourth-order valence-corrected chi connectivity index (χ4v) is 4.66. The number of aromatic nitrogens is 3. The lowest BCUT2D eigenvalue weighted by Crippen LogP contribution is -2.27. The smallest absolute Gasteiger partial charge is 0.215 e. The van der Waals surface area contributed by atoms with Gasteiger partial charge < -0.3 is 9.47 Å². The molecule has 4 nitrogen and oxygen atoms in total. The molecule has 0 amide bonds. The summed E-state index contributed by atoms with van der Waals surface area (Å²) in [5.74, 6) is 0.987. The highest BCUT2D eigenvalue weighted by Crippen LogP contribution is 2.35. The van der Waals surface area contributed by atoms with Crippen molar-refractivity contribution in [2.24, 2.45) is 0 Å². The highest BCUT2D eigenvalue weighted by Gasteiger charge is 2.21. The summed E-state index contributed by atoms with van der Waals surface area (Å²) >= 11 is 0. The normalized spacial score (nSPS) is 11.5. The van der Waals surface area contributed by atoms with Crippen molar-refractivity contribution in [3.8, 4) is 33.8 Å². The summed E-state index contributed by atoms with van der Waals surface area (Å²) in [7, 11) is 0. The van der Waals surface area contributed by atoms with Crippen molar-refractivity contribution >= 4 is 5.78 Å². The van der Waals surface area contributed by atoms with Crippen LogP contribution in [-0.4, -0.2) is 38.5 Å². The molecule has 172 valence electrons. The van der Waals surface area contributed by atoms with E-state index in [-0.39, 0.29) is 0 Å². The lowest BCUT2D eigenvalue weighted by atomic mass is 10.0. The summed E-state index contributed by atoms with van der Waals surface area (Å²) < 4.78 is 4.68. The fourth-order valence-electron chi connectivity index (χ4n) is 4.66. The Balaban J connectivity index is 1.75. The minimum atomic E-state index is 0.890. The Labute approximate surface area is 202 Å². The van der Waals surface area contributed by atoms with Gasteiger partial charge in [-0.25, -0.2) is 4.98 Å². The number of rotatable bonds is 8. The van der Waals surface area contributed by atoms with Gasteiger partial charge in [0.25, 0.3) is 0 Å². The molecule has 34 heavy (non-hydrogen) atoms. The van der Waals surface area contributed by atoms with Crippen LogP contribution in [0.3, 0.4) is 0 Å². The average molecular weight is 449 g/mol. The highest BCUT2D eigenvalue weighted by atomic mass is 15.2. The molecular formula is C30H32N4. The van der Waals surface area contributed by atoms with Gasteiger partial charge in [0.05, 0.1) is 17.1 Å². The summed E-state index contributed by atoms with van der Waals surface area (Å²) in [6.07, 6.45) is 2.27. The first-order valence-electron chi connectivity index (χ1n) is 12.2. The van der Waals surface area contributed by atoms with Crippen LogP contribution in [0.15, 0.2) is 91.1 Å². The van der Waals surface area contributed by atoms with Gasteiger partial charge >= 0.3 is 0 Å². The largest absolute Gasteiger partial charge is 0.308 e. The minimum absolute atomic E-state index is 0.890. The molecule has 0 N–H and O–H groups in total. The fraction of sp³-hybridized carbons (Fsp3) is 0.233. The van der Waals surface area contributed by atoms with Gasteiger partial charge in [0, 0.05) is 30.4 Å². The highest BCUT2D eigenvalue weighted by molar-refractivity contribution is 5.82. The first-order valence-corrected chi connectivity index (χ1v) is 12.2. The van der Waals surface area contributed by atoms with E-state index in [1.807, 2.05) is 0 Å². The molecule has 4 heteroatoms. The van der Waals surface area contributed by atoms with Gasteiger partial charge in [-0.1, -0.05) is 104 Å². The molecule has 0 unspecified atom stereocenters. The Hall–Kier alpha value is -3.63. The number of hydrogen-bond acceptors (Lipinski definition) is 2. The van der Waals surface area contributed by atoms with Gasteiger partial charge in [-0.2, -0.15) is 0 Å². The van der Waals surface area contributed by atoms with Crippen molar-refractivity contribution in [1.82, 2.24) is 18.9 Å². The molecule has 0 spiro atoms. The second-order valence-electron chi connectivity index (χ2n) is 8.77. The zero-order chi connectivity index (χ0) is 23.5. The van der Waals surface area contributed by atoms with Crippen LogP contribution in [0.2, 0.25) is 0 Å². The van der Waals surface area contributed by atoms with Crippen LogP contribution < -0.4 is 0 Å². The molecule has 2 aromatic heterocycles. The van der Waals surface area contributed by atoms with Crippen molar-refractivity contribution in [2.45, 2.75) is 27.3 Å². The molecule has 2 heterocycles. The minimum Gasteiger partial charge on any atom is -0.308 e. The summed E-state index contributed by atoms with van der Waals surface area (Å²) in [4.78, 5) is 7.73. The maximum Gasteiger partial charge on any atom is 0.215 e. The van der Waals surface area contributed by atoms with Gasteiger partial charge in [-0.15, -0.1) is 0 Å². The lowest BCUT2D eigenvalue weighted by Gasteiger charge is -2.19. The second-order valence-corrected chi connectivity index (χ2v) is 8.77. The van der Waals surface area contributed by atoms with Crippen molar-refractivity contribution < 1.29 is 0 Å². The number of imidazole rings is 2. The topological polar surface area (TPSA) is 25.5 Å². The van der Waals surface area contributed by atoms with E-state index >= 15 is 0 Å². The van der Waals surface area contributed by atoms with Gasteiger partial charge in [0.1, 0.15) is 0 Å². The van der Waals surface area contributed by atoms with Gasteiger partial charge in [-0.05, 0) is 25.6 Å². The van der Waals surface area contributed by atoms with Crippen molar-refractivity contribution in [2.75, 3.05) is 19.6 Å². The molecule has 5 aromatic rings. The predicted octanol–water partition coefficient (Wildman–Crippen LogP) is 6.79. The van der Waals surface area contributed by atoms with Crippen LogP contribution >= 0.6 is 0 Å². The van der Waals surface area contributed by atoms with E-state index in [4.69, 9.17) is 4.98 Å². The molecule has 0 saturated carbocycles. The van der Waals surface area contributed by atoms with Crippen molar-refractivity contribution in [1.29, 1.82) is 0 Å². The monoisotopic (exact) mass is 448 g/mol. The summed E-state index contributed by atoms with van der Waals surface area (Å²) in [6.45, 7) is 10.6. The van der Waals surface area contributed by atoms with E-state index in [2.05, 4.69) is 126 Å². The molecular weight excluding hydrogens is 416 g/mol. The number of nitrogens with zero attached hydrogens (tertiary/aromatic N) is 4. The van der Waals surface area contributed by atoms with Crippen LogP contribution in [0.1, 0.15) is 19.4 Å². The Kier molecular flexibility index (Phi) is 6.33. The summed E-state index contributed by atoms with van der Waals surface area (Å²) in [5.41, 5.74) is 8.15. The molecule has 3 aromatic carbocycles. The maximum atomic E-state index is 5.26. The quantitative estimate of drug-likeness (QED) is 0.261. The Bertz CT molecular complexity index is 1360. The molecule has 0 aliphatic rings. The van der Waals surface area contributed by atoms with E-state index in [9.17, 15) is 0 Å². The Morgan fingerprint density at radius 2 is 1.35 bits per heavy atom. The average Bonchev–Trinajstić information content (AvgIpc) is 3.43. The zero-order valence-corrected chi connectivity index (χ0v) is 20.3. The summed E-state index contributed by atoms with van der Waals surface area (Å²) in [6, 6.07) is 30.0. The number of hydrogen-bond donors (Lipinski definition) is 0. The molecule has 0 atom stereocenters. The molecule has 0 bridgehead atoms.